The Bertz CT molecular complexity index is 762. The number of carbonyl (C=O) groups excluding carboxylic acids is 1. The molecule has 138 valence electrons. The van der Waals surface area contributed by atoms with Gasteiger partial charge in [0.1, 0.15) is 11.9 Å². The van der Waals surface area contributed by atoms with E-state index in [4.69, 9.17) is 13.9 Å². The molecule has 1 atom stereocenters. The van der Waals surface area contributed by atoms with Crippen LogP contribution < -0.4 is 15.1 Å². The average Bonchev–Trinajstić information content (AvgIpc) is 3.30. The van der Waals surface area contributed by atoms with Crippen LogP contribution in [-0.4, -0.2) is 51.6 Å². The number of hydrogen-bond acceptors (Lipinski definition) is 6. The van der Waals surface area contributed by atoms with Gasteiger partial charge in [-0.15, -0.1) is 0 Å². The van der Waals surface area contributed by atoms with Gasteiger partial charge in [-0.25, -0.2) is 9.18 Å². The van der Waals surface area contributed by atoms with Crippen LogP contribution in [0.2, 0.25) is 0 Å². The van der Waals surface area contributed by atoms with Gasteiger partial charge in [-0.1, -0.05) is 0 Å². The van der Waals surface area contributed by atoms with Crippen molar-refractivity contribution in [3.05, 3.63) is 42.4 Å². The molecule has 1 amide bonds. The van der Waals surface area contributed by atoms with Crippen molar-refractivity contribution in [2.45, 2.75) is 6.10 Å². The minimum absolute atomic E-state index is 0.338. The molecule has 2 aromatic rings. The Hall–Kier alpha value is -2.74. The number of amides is 1. The van der Waals surface area contributed by atoms with Crippen LogP contribution >= 0.6 is 0 Å². The molecule has 2 fully saturated rings. The highest BCUT2D eigenvalue weighted by atomic mass is 19.1. The number of nitrogens with zero attached hydrogens (tertiary/aromatic N) is 2. The fourth-order valence-corrected chi connectivity index (χ4v) is 3.16. The molecule has 7 nitrogen and oxygen atoms in total. The van der Waals surface area contributed by atoms with Gasteiger partial charge >= 0.3 is 6.09 Å². The summed E-state index contributed by atoms with van der Waals surface area (Å²) in [6, 6.07) is 8.39. The number of anilines is 3. The fourth-order valence-electron chi connectivity index (χ4n) is 3.16. The quantitative estimate of drug-likeness (QED) is 0.883. The van der Waals surface area contributed by atoms with Gasteiger partial charge in [-0.2, -0.15) is 0 Å². The second-order valence-electron chi connectivity index (χ2n) is 6.21. The van der Waals surface area contributed by atoms with Gasteiger partial charge in [0.15, 0.2) is 5.88 Å². The van der Waals surface area contributed by atoms with Gasteiger partial charge in [-0.05, 0) is 24.3 Å². The molecule has 4 rings (SSSR count). The van der Waals surface area contributed by atoms with Crippen molar-refractivity contribution in [3.63, 3.8) is 0 Å². The number of furan rings is 1. The van der Waals surface area contributed by atoms with Crippen molar-refractivity contribution in [2.75, 3.05) is 54.5 Å². The number of halogens is 1. The number of nitrogens with one attached hydrogen (secondary N) is 1. The standard InChI is InChI=1S/C18H20FN3O4/c19-15-10-13(3-4-16(15)21-5-8-24-9-6-21)22-12-14(26-18(22)23)11-20-17-2-1-7-25-17/h1-4,7,10,14,20H,5-6,8-9,11-12H2/t14-/m0/s1. The summed E-state index contributed by atoms with van der Waals surface area (Å²) in [5.74, 6) is 0.259. The summed E-state index contributed by atoms with van der Waals surface area (Å²) in [4.78, 5) is 15.5. The van der Waals surface area contributed by atoms with E-state index in [1.807, 2.05) is 4.90 Å². The van der Waals surface area contributed by atoms with E-state index in [1.54, 1.807) is 30.5 Å². The van der Waals surface area contributed by atoms with Crippen molar-refractivity contribution in [1.82, 2.24) is 0 Å². The van der Waals surface area contributed by atoms with Gasteiger partial charge in [0.25, 0.3) is 0 Å². The first-order valence-electron chi connectivity index (χ1n) is 8.58. The third-order valence-electron chi connectivity index (χ3n) is 4.49. The summed E-state index contributed by atoms with van der Waals surface area (Å²) in [5, 5.41) is 3.06. The number of ether oxygens (including phenoxy) is 2. The largest absolute Gasteiger partial charge is 0.449 e. The number of benzene rings is 1. The summed E-state index contributed by atoms with van der Waals surface area (Å²) in [7, 11) is 0. The second kappa shape index (κ2) is 7.25. The van der Waals surface area contributed by atoms with E-state index in [2.05, 4.69) is 5.32 Å². The average molecular weight is 361 g/mol. The van der Waals surface area contributed by atoms with Crippen molar-refractivity contribution in [3.8, 4) is 0 Å². The van der Waals surface area contributed by atoms with Crippen LogP contribution in [0.15, 0.2) is 41.0 Å². The Labute approximate surface area is 150 Å². The van der Waals surface area contributed by atoms with Crippen LogP contribution in [0.5, 0.6) is 0 Å². The van der Waals surface area contributed by atoms with E-state index in [0.717, 1.165) is 0 Å². The van der Waals surface area contributed by atoms with E-state index >= 15 is 0 Å². The van der Waals surface area contributed by atoms with Gasteiger partial charge in [0.2, 0.25) is 0 Å². The number of carbonyl (C=O) groups is 1. The summed E-state index contributed by atoms with van der Waals surface area (Å²) >= 11 is 0. The van der Waals surface area contributed by atoms with Crippen molar-refractivity contribution in [1.29, 1.82) is 0 Å². The molecule has 0 aliphatic carbocycles. The molecule has 1 aromatic carbocycles. The molecule has 2 aliphatic rings. The smallest absolute Gasteiger partial charge is 0.414 e. The summed E-state index contributed by atoms with van der Waals surface area (Å²) in [6.07, 6.45) is 0.748. The number of morpholine rings is 1. The molecule has 3 heterocycles. The zero-order valence-electron chi connectivity index (χ0n) is 14.2. The van der Waals surface area contributed by atoms with Gasteiger partial charge in [0.05, 0.1) is 43.9 Å². The Morgan fingerprint density at radius 3 is 2.81 bits per heavy atom. The zero-order valence-corrected chi connectivity index (χ0v) is 14.2. The lowest BCUT2D eigenvalue weighted by molar-refractivity contribution is 0.122. The van der Waals surface area contributed by atoms with Crippen LogP contribution in [0.1, 0.15) is 0 Å². The highest BCUT2D eigenvalue weighted by Crippen LogP contribution is 2.28. The number of cyclic esters (lactones) is 1. The van der Waals surface area contributed by atoms with Crippen LogP contribution in [0, 0.1) is 5.82 Å². The molecule has 8 heteroatoms. The lowest BCUT2D eigenvalue weighted by atomic mass is 10.2. The molecule has 2 aliphatic heterocycles. The first kappa shape index (κ1) is 16.7. The van der Waals surface area contributed by atoms with Crippen molar-refractivity contribution in [2.24, 2.45) is 0 Å². The monoisotopic (exact) mass is 361 g/mol. The van der Waals surface area contributed by atoms with Crippen molar-refractivity contribution < 1.29 is 23.1 Å². The molecule has 1 N–H and O–H groups in total. The van der Waals surface area contributed by atoms with E-state index in [1.165, 1.54) is 11.0 Å². The highest BCUT2D eigenvalue weighted by molar-refractivity contribution is 5.90. The molecule has 0 spiro atoms. The van der Waals surface area contributed by atoms with E-state index < -0.39 is 6.09 Å². The predicted octanol–water partition coefficient (Wildman–Crippen LogP) is 2.69. The Morgan fingerprint density at radius 1 is 1.23 bits per heavy atom. The van der Waals surface area contributed by atoms with Gasteiger partial charge in [-0.3, -0.25) is 4.90 Å². The molecule has 0 radical (unpaired) electrons. The Morgan fingerprint density at radius 2 is 2.08 bits per heavy atom. The fraction of sp³-hybridized carbons (Fsp3) is 0.389. The minimum Gasteiger partial charge on any atom is -0.449 e. The maximum Gasteiger partial charge on any atom is 0.414 e. The van der Waals surface area contributed by atoms with E-state index in [-0.39, 0.29) is 11.9 Å². The maximum atomic E-state index is 14.6. The highest BCUT2D eigenvalue weighted by Gasteiger charge is 2.33. The second-order valence-corrected chi connectivity index (χ2v) is 6.21. The first-order valence-corrected chi connectivity index (χ1v) is 8.58. The SMILES string of the molecule is O=C1O[C@@H](CNc2ccco2)CN1c1ccc(N2CCOCC2)c(F)c1. The molecule has 0 bridgehead atoms. The molecule has 1 aromatic heterocycles. The molecule has 0 saturated carbocycles. The molecule has 26 heavy (non-hydrogen) atoms. The topological polar surface area (TPSA) is 67.2 Å². The minimum atomic E-state index is -0.477. The van der Waals surface area contributed by atoms with Gasteiger partial charge < -0.3 is 24.1 Å². The van der Waals surface area contributed by atoms with Crippen LogP contribution in [0.3, 0.4) is 0 Å². The predicted molar refractivity (Wildman–Crippen MR) is 94.2 cm³/mol. The third-order valence-corrected chi connectivity index (χ3v) is 4.49. The zero-order chi connectivity index (χ0) is 17.9. The Balaban J connectivity index is 1.41. The lowest BCUT2D eigenvalue weighted by Crippen LogP contribution is -2.36. The van der Waals surface area contributed by atoms with Crippen LogP contribution in [0.25, 0.3) is 0 Å². The van der Waals surface area contributed by atoms with Gasteiger partial charge in [0, 0.05) is 19.2 Å². The maximum absolute atomic E-state index is 14.6. The Kier molecular flexibility index (Phi) is 4.66. The van der Waals surface area contributed by atoms with E-state index in [0.29, 0.717) is 56.7 Å². The van der Waals surface area contributed by atoms with E-state index in [9.17, 15) is 9.18 Å². The molecule has 0 unspecified atom stereocenters. The number of hydrogen-bond donors (Lipinski definition) is 1. The van der Waals surface area contributed by atoms with Crippen LogP contribution in [-0.2, 0) is 9.47 Å². The van der Waals surface area contributed by atoms with Crippen LogP contribution in [0.4, 0.5) is 26.4 Å². The first-order chi connectivity index (χ1) is 12.7. The summed E-state index contributed by atoms with van der Waals surface area (Å²) in [5.41, 5.74) is 1.02. The molecular weight excluding hydrogens is 341 g/mol. The normalized spacial score (nSPS) is 20.3. The molecular formula is C18H20FN3O4. The number of rotatable bonds is 5. The lowest BCUT2D eigenvalue weighted by Gasteiger charge is -2.29. The van der Waals surface area contributed by atoms with Crippen molar-refractivity contribution >= 4 is 23.4 Å². The summed E-state index contributed by atoms with van der Waals surface area (Å²) in [6.45, 7) is 3.26. The third kappa shape index (κ3) is 3.45. The molecule has 2 saturated heterocycles. The summed E-state index contributed by atoms with van der Waals surface area (Å²) < 4.78 is 30.4.